The maximum Gasteiger partial charge on any atom is 0.170 e. The highest BCUT2D eigenvalue weighted by Crippen LogP contribution is 2.47. The molecule has 0 saturated heterocycles. The second kappa shape index (κ2) is 9.39. The largest absolute Gasteiger partial charge is 0.486 e. The number of carbonyl (C=O) groups excluding carboxylic acids is 1. The first-order chi connectivity index (χ1) is 15.1. The first-order valence-electron chi connectivity index (χ1n) is 12.1. The van der Waals surface area contributed by atoms with Gasteiger partial charge in [-0.3, -0.25) is 4.79 Å². The number of ketones is 1. The van der Waals surface area contributed by atoms with Crippen molar-refractivity contribution in [2.45, 2.75) is 79.6 Å². The average molecular weight is 437 g/mol. The fraction of sp³-hybridized carbons (Fsp3) is 0.552. The SMILES string of the molecule is CC(C)C1(C(C)C)CC(=O)c2ccccc2O1.CC(C)C1(C(C)C)OCc2ccccc21. The third-order valence-electron chi connectivity index (χ3n) is 7.50. The van der Waals surface area contributed by atoms with Crippen molar-refractivity contribution in [1.29, 1.82) is 0 Å². The van der Waals surface area contributed by atoms with E-state index in [-0.39, 0.29) is 17.0 Å². The van der Waals surface area contributed by atoms with Crippen molar-refractivity contribution in [3.8, 4) is 5.75 Å². The molecular formula is C29H40O3. The van der Waals surface area contributed by atoms with E-state index in [0.29, 0.717) is 30.1 Å². The lowest BCUT2D eigenvalue weighted by atomic mass is 9.74. The Bertz CT molecular complexity index is 923. The predicted molar refractivity (Wildman–Crippen MR) is 131 cm³/mol. The number of hydrogen-bond donors (Lipinski definition) is 0. The minimum Gasteiger partial charge on any atom is -0.486 e. The summed E-state index contributed by atoms with van der Waals surface area (Å²) in [5.74, 6) is 2.61. The number of carbonyl (C=O) groups is 1. The Hall–Kier alpha value is -2.13. The molecule has 3 heteroatoms. The monoisotopic (exact) mass is 436 g/mol. The van der Waals surface area contributed by atoms with Crippen molar-refractivity contribution < 1.29 is 14.3 Å². The van der Waals surface area contributed by atoms with Crippen LogP contribution in [-0.2, 0) is 16.9 Å². The van der Waals surface area contributed by atoms with Gasteiger partial charge in [0.2, 0.25) is 0 Å². The summed E-state index contributed by atoms with van der Waals surface area (Å²) >= 11 is 0. The van der Waals surface area contributed by atoms with Crippen LogP contribution in [0.1, 0.15) is 83.3 Å². The highest BCUT2D eigenvalue weighted by molar-refractivity contribution is 6.00. The van der Waals surface area contributed by atoms with E-state index in [1.807, 2.05) is 24.3 Å². The molecule has 2 aliphatic heterocycles. The maximum atomic E-state index is 12.2. The van der Waals surface area contributed by atoms with Gasteiger partial charge in [-0.2, -0.15) is 0 Å². The van der Waals surface area contributed by atoms with Gasteiger partial charge in [0.05, 0.1) is 24.2 Å². The Labute approximate surface area is 194 Å². The molecular weight excluding hydrogens is 396 g/mol. The Morgan fingerprint density at radius 2 is 1.31 bits per heavy atom. The molecule has 32 heavy (non-hydrogen) atoms. The number of para-hydroxylation sites is 1. The lowest BCUT2D eigenvalue weighted by Gasteiger charge is -2.44. The third kappa shape index (κ3) is 4.12. The van der Waals surface area contributed by atoms with Crippen molar-refractivity contribution in [2.24, 2.45) is 23.7 Å². The fourth-order valence-electron chi connectivity index (χ4n) is 5.61. The summed E-state index contributed by atoms with van der Waals surface area (Å²) in [5.41, 5.74) is 3.06. The second-order valence-corrected chi connectivity index (χ2v) is 10.5. The zero-order valence-electron chi connectivity index (χ0n) is 21.1. The highest BCUT2D eigenvalue weighted by atomic mass is 16.5. The molecule has 0 atom stereocenters. The van der Waals surface area contributed by atoms with Crippen LogP contribution >= 0.6 is 0 Å². The van der Waals surface area contributed by atoms with Crippen LogP contribution in [0.3, 0.4) is 0 Å². The predicted octanol–water partition coefficient (Wildman–Crippen LogP) is 7.43. The van der Waals surface area contributed by atoms with Crippen molar-refractivity contribution in [3.05, 3.63) is 65.2 Å². The van der Waals surface area contributed by atoms with Gasteiger partial charge in [-0.15, -0.1) is 0 Å². The lowest BCUT2D eigenvalue weighted by Crippen LogP contribution is -2.50. The van der Waals surface area contributed by atoms with Gasteiger partial charge in [0.25, 0.3) is 0 Å². The molecule has 0 fully saturated rings. The first kappa shape index (κ1) is 24.5. The van der Waals surface area contributed by atoms with Crippen LogP contribution in [0.15, 0.2) is 48.5 Å². The van der Waals surface area contributed by atoms with Crippen LogP contribution in [-0.4, -0.2) is 11.4 Å². The van der Waals surface area contributed by atoms with Gasteiger partial charge in [-0.05, 0) is 46.9 Å². The van der Waals surface area contributed by atoms with Crippen molar-refractivity contribution >= 4 is 5.78 Å². The highest BCUT2D eigenvalue weighted by Gasteiger charge is 2.46. The molecule has 0 unspecified atom stereocenters. The first-order valence-corrected chi connectivity index (χ1v) is 12.1. The molecule has 0 aliphatic carbocycles. The van der Waals surface area contributed by atoms with Crippen molar-refractivity contribution in [3.63, 3.8) is 0 Å². The van der Waals surface area contributed by atoms with Gasteiger partial charge in [0.15, 0.2) is 5.78 Å². The summed E-state index contributed by atoms with van der Waals surface area (Å²) in [4.78, 5) is 12.2. The van der Waals surface area contributed by atoms with Gasteiger partial charge >= 0.3 is 0 Å². The standard InChI is InChI=1S/C15H20O2.C14H20O/c1-10(2)15(11(3)4)9-13(16)12-7-5-6-8-14(12)17-15;1-10(2)14(11(3)4)13-8-6-5-7-12(13)9-15-14/h5-8,10-11H,9H2,1-4H3;5-8,10-11H,9H2,1-4H3. The zero-order valence-corrected chi connectivity index (χ0v) is 21.1. The minimum atomic E-state index is -0.356. The number of Topliss-reactive ketones (excluding diaryl/α,β-unsaturated/α-hetero) is 1. The summed E-state index contributed by atoms with van der Waals surface area (Å²) in [7, 11) is 0. The van der Waals surface area contributed by atoms with E-state index in [1.54, 1.807) is 0 Å². The van der Waals surface area contributed by atoms with Gasteiger partial charge in [0, 0.05) is 0 Å². The summed E-state index contributed by atoms with van der Waals surface area (Å²) in [6, 6.07) is 16.2. The second-order valence-electron chi connectivity index (χ2n) is 10.5. The molecule has 2 aromatic rings. The van der Waals surface area contributed by atoms with E-state index in [4.69, 9.17) is 9.47 Å². The number of ether oxygens (including phenoxy) is 2. The van der Waals surface area contributed by atoms with Crippen molar-refractivity contribution in [2.75, 3.05) is 0 Å². The average Bonchev–Trinajstić information content (AvgIpc) is 3.15. The Morgan fingerprint density at radius 3 is 1.91 bits per heavy atom. The van der Waals surface area contributed by atoms with E-state index in [0.717, 1.165) is 17.9 Å². The minimum absolute atomic E-state index is 0.0728. The molecule has 0 saturated carbocycles. The van der Waals surface area contributed by atoms with Crippen LogP contribution in [0.4, 0.5) is 0 Å². The quantitative estimate of drug-likeness (QED) is 0.500. The molecule has 0 spiro atoms. The smallest absolute Gasteiger partial charge is 0.170 e. The Balaban J connectivity index is 0.000000182. The van der Waals surface area contributed by atoms with Gasteiger partial charge in [-0.1, -0.05) is 91.8 Å². The molecule has 0 aromatic heterocycles. The fourth-order valence-corrected chi connectivity index (χ4v) is 5.61. The zero-order chi connectivity index (χ0) is 23.7. The molecule has 0 radical (unpaired) electrons. The molecule has 0 bridgehead atoms. The van der Waals surface area contributed by atoms with Gasteiger partial charge < -0.3 is 9.47 Å². The van der Waals surface area contributed by atoms with Crippen molar-refractivity contribution in [1.82, 2.24) is 0 Å². The third-order valence-corrected chi connectivity index (χ3v) is 7.50. The topological polar surface area (TPSA) is 35.5 Å². The number of fused-ring (bicyclic) bond motifs is 2. The maximum absolute atomic E-state index is 12.2. The Morgan fingerprint density at radius 1 is 0.750 bits per heavy atom. The summed E-state index contributed by atoms with van der Waals surface area (Å²) in [5, 5.41) is 0. The summed E-state index contributed by atoms with van der Waals surface area (Å²) in [6.07, 6.45) is 0.485. The molecule has 2 aliphatic rings. The van der Waals surface area contributed by atoms with Gasteiger partial charge in [-0.25, -0.2) is 0 Å². The molecule has 2 aromatic carbocycles. The summed E-state index contributed by atoms with van der Waals surface area (Å²) in [6.45, 7) is 18.3. The number of hydrogen-bond acceptors (Lipinski definition) is 3. The summed E-state index contributed by atoms with van der Waals surface area (Å²) < 4.78 is 12.3. The molecule has 0 N–H and O–H groups in total. The molecule has 4 rings (SSSR count). The number of benzene rings is 2. The number of rotatable bonds is 4. The van der Waals surface area contributed by atoms with Crippen LogP contribution < -0.4 is 4.74 Å². The van der Waals surface area contributed by atoms with Crippen LogP contribution in [0.2, 0.25) is 0 Å². The van der Waals surface area contributed by atoms with Gasteiger partial charge in [0.1, 0.15) is 11.4 Å². The van der Waals surface area contributed by atoms with Crippen LogP contribution in [0.5, 0.6) is 5.75 Å². The van der Waals surface area contributed by atoms with E-state index < -0.39 is 0 Å². The van der Waals surface area contributed by atoms with E-state index >= 15 is 0 Å². The van der Waals surface area contributed by atoms with E-state index in [1.165, 1.54) is 11.1 Å². The van der Waals surface area contributed by atoms with Crippen LogP contribution in [0, 0.1) is 23.7 Å². The lowest BCUT2D eigenvalue weighted by molar-refractivity contribution is -0.106. The molecule has 0 amide bonds. The molecule has 3 nitrogen and oxygen atoms in total. The molecule has 2 heterocycles. The van der Waals surface area contributed by atoms with E-state index in [2.05, 4.69) is 79.7 Å². The normalized spacial score (nSPS) is 18.3. The van der Waals surface area contributed by atoms with Crippen LogP contribution in [0.25, 0.3) is 0 Å². The Kier molecular flexibility index (Phi) is 7.19. The van der Waals surface area contributed by atoms with E-state index in [9.17, 15) is 4.79 Å². The molecule has 174 valence electrons.